The number of rotatable bonds is 6. The summed E-state index contributed by atoms with van der Waals surface area (Å²) in [4.78, 5) is 21.4. The predicted molar refractivity (Wildman–Crippen MR) is 70.0 cm³/mol. The van der Waals surface area contributed by atoms with Crippen molar-refractivity contribution in [1.82, 2.24) is 5.32 Å². The first-order chi connectivity index (χ1) is 8.93. The van der Waals surface area contributed by atoms with Crippen LogP contribution >= 0.6 is 15.9 Å². The molecule has 1 amide bonds. The summed E-state index contributed by atoms with van der Waals surface area (Å²) >= 11 is 3.27. The number of hydrogen-bond acceptors (Lipinski definition) is 4. The Kier molecular flexibility index (Phi) is 5.84. The standard InChI is InChI=1S/C11H12BrFN2O4/c1-19-6-8(12)5-14-11(16)7-2-9(13)4-10(3-7)15(17)18/h2-4,8H,5-6H2,1H3,(H,14,16). The maximum absolute atomic E-state index is 13.2. The summed E-state index contributed by atoms with van der Waals surface area (Å²) in [5, 5.41) is 13.1. The third kappa shape index (κ3) is 4.92. The molecule has 0 aliphatic rings. The number of carbonyl (C=O) groups is 1. The van der Waals surface area contributed by atoms with Crippen molar-refractivity contribution in [3.8, 4) is 0 Å². The number of nitro groups is 1. The average Bonchev–Trinajstić information content (AvgIpc) is 2.35. The number of non-ortho nitro benzene ring substituents is 1. The molecule has 1 N–H and O–H groups in total. The van der Waals surface area contributed by atoms with Gasteiger partial charge in [-0.3, -0.25) is 14.9 Å². The van der Waals surface area contributed by atoms with Gasteiger partial charge in [0.1, 0.15) is 5.82 Å². The Morgan fingerprint density at radius 1 is 1.58 bits per heavy atom. The fourth-order valence-electron chi connectivity index (χ4n) is 1.36. The zero-order valence-electron chi connectivity index (χ0n) is 10.1. The van der Waals surface area contributed by atoms with Crippen molar-refractivity contribution in [3.63, 3.8) is 0 Å². The van der Waals surface area contributed by atoms with Gasteiger partial charge in [0.15, 0.2) is 0 Å². The number of benzene rings is 1. The van der Waals surface area contributed by atoms with Crippen molar-refractivity contribution in [2.75, 3.05) is 20.3 Å². The third-order valence-corrected chi connectivity index (χ3v) is 2.78. The quantitative estimate of drug-likeness (QED) is 0.489. The highest BCUT2D eigenvalue weighted by molar-refractivity contribution is 9.09. The molecule has 0 saturated carbocycles. The minimum Gasteiger partial charge on any atom is -0.383 e. The number of nitrogens with one attached hydrogen (secondary N) is 1. The highest BCUT2D eigenvalue weighted by Crippen LogP contribution is 2.16. The van der Waals surface area contributed by atoms with Crippen LogP contribution in [0.2, 0.25) is 0 Å². The van der Waals surface area contributed by atoms with Crippen molar-refractivity contribution in [3.05, 3.63) is 39.7 Å². The van der Waals surface area contributed by atoms with Gasteiger partial charge < -0.3 is 10.1 Å². The second kappa shape index (κ2) is 7.15. The van der Waals surface area contributed by atoms with Gasteiger partial charge in [-0.25, -0.2) is 4.39 Å². The summed E-state index contributed by atoms with van der Waals surface area (Å²) in [6.07, 6.45) is 0. The van der Waals surface area contributed by atoms with Crippen molar-refractivity contribution < 1.29 is 18.8 Å². The summed E-state index contributed by atoms with van der Waals surface area (Å²) < 4.78 is 18.0. The van der Waals surface area contributed by atoms with Crippen LogP contribution in [0.15, 0.2) is 18.2 Å². The normalized spacial score (nSPS) is 11.9. The lowest BCUT2D eigenvalue weighted by molar-refractivity contribution is -0.385. The van der Waals surface area contributed by atoms with E-state index in [1.165, 1.54) is 7.11 Å². The first kappa shape index (κ1) is 15.5. The third-order valence-electron chi connectivity index (χ3n) is 2.19. The Morgan fingerprint density at radius 2 is 2.26 bits per heavy atom. The van der Waals surface area contributed by atoms with Crippen LogP contribution in [0.1, 0.15) is 10.4 Å². The molecule has 0 heterocycles. The van der Waals surface area contributed by atoms with Crippen LogP contribution in [-0.4, -0.2) is 35.9 Å². The highest BCUT2D eigenvalue weighted by atomic mass is 79.9. The topological polar surface area (TPSA) is 81.5 Å². The second-order valence-electron chi connectivity index (χ2n) is 3.72. The van der Waals surface area contributed by atoms with E-state index in [4.69, 9.17) is 4.74 Å². The first-order valence-corrected chi connectivity index (χ1v) is 6.21. The molecule has 1 unspecified atom stereocenters. The molecular weight excluding hydrogens is 323 g/mol. The van der Waals surface area contributed by atoms with Crippen LogP contribution in [-0.2, 0) is 4.74 Å². The van der Waals surface area contributed by atoms with Gasteiger partial charge in [-0.2, -0.15) is 0 Å². The Hall–Kier alpha value is -1.54. The summed E-state index contributed by atoms with van der Waals surface area (Å²) in [5.74, 6) is -1.41. The van der Waals surface area contributed by atoms with Gasteiger partial charge in [0.2, 0.25) is 0 Å². The van der Waals surface area contributed by atoms with Gasteiger partial charge in [0.05, 0.1) is 22.4 Å². The molecule has 1 aromatic carbocycles. The molecule has 0 fully saturated rings. The SMILES string of the molecule is COCC(Br)CNC(=O)c1cc(F)cc([N+](=O)[O-])c1. The molecule has 1 atom stereocenters. The number of nitro benzene ring substituents is 1. The predicted octanol–water partition coefficient (Wildman–Crippen LogP) is 1.87. The van der Waals surface area contributed by atoms with Gasteiger partial charge in [0.25, 0.3) is 11.6 Å². The summed E-state index contributed by atoms with van der Waals surface area (Å²) in [6, 6.07) is 2.73. The lowest BCUT2D eigenvalue weighted by Crippen LogP contribution is -2.31. The lowest BCUT2D eigenvalue weighted by atomic mass is 10.2. The van der Waals surface area contributed by atoms with E-state index in [9.17, 15) is 19.3 Å². The van der Waals surface area contributed by atoms with Crippen molar-refractivity contribution >= 4 is 27.5 Å². The first-order valence-electron chi connectivity index (χ1n) is 5.30. The van der Waals surface area contributed by atoms with E-state index in [1.54, 1.807) is 0 Å². The number of nitrogens with zero attached hydrogens (tertiary/aromatic N) is 1. The summed E-state index contributed by atoms with van der Waals surface area (Å²) in [5.41, 5.74) is -0.554. The smallest absolute Gasteiger partial charge is 0.273 e. The van der Waals surface area contributed by atoms with E-state index < -0.39 is 22.3 Å². The minimum atomic E-state index is -0.827. The maximum Gasteiger partial charge on any atom is 0.273 e. The van der Waals surface area contributed by atoms with Crippen LogP contribution in [0.5, 0.6) is 0 Å². The molecule has 0 spiro atoms. The van der Waals surface area contributed by atoms with E-state index in [2.05, 4.69) is 21.2 Å². The van der Waals surface area contributed by atoms with E-state index >= 15 is 0 Å². The molecule has 0 bridgehead atoms. The Bertz CT molecular complexity index is 484. The molecule has 0 aliphatic carbocycles. The lowest BCUT2D eigenvalue weighted by Gasteiger charge is -2.10. The van der Waals surface area contributed by atoms with Crippen LogP contribution in [0.25, 0.3) is 0 Å². The molecule has 1 aromatic rings. The minimum absolute atomic E-state index is 0.0926. The van der Waals surface area contributed by atoms with E-state index in [1.807, 2.05) is 0 Å². The Morgan fingerprint density at radius 3 is 2.84 bits per heavy atom. The average molecular weight is 335 g/mol. The molecule has 0 radical (unpaired) electrons. The molecule has 0 saturated heterocycles. The number of methoxy groups -OCH3 is 1. The number of carbonyl (C=O) groups excluding carboxylic acids is 1. The summed E-state index contributed by atoms with van der Waals surface area (Å²) in [7, 11) is 1.52. The van der Waals surface area contributed by atoms with Crippen LogP contribution in [0.4, 0.5) is 10.1 Å². The Balaban J connectivity index is 2.74. The van der Waals surface area contributed by atoms with Crippen LogP contribution in [0, 0.1) is 15.9 Å². The molecule has 0 aromatic heterocycles. The van der Waals surface area contributed by atoms with Gasteiger partial charge in [-0.15, -0.1) is 0 Å². The molecule has 1 rings (SSSR count). The Labute approximate surface area is 117 Å². The fourth-order valence-corrected chi connectivity index (χ4v) is 1.78. The van der Waals surface area contributed by atoms with Crippen LogP contribution in [0.3, 0.4) is 0 Å². The van der Waals surface area contributed by atoms with E-state index in [0.29, 0.717) is 6.61 Å². The van der Waals surface area contributed by atoms with Crippen LogP contribution < -0.4 is 5.32 Å². The molecular formula is C11H12BrFN2O4. The number of halogens is 2. The van der Waals surface area contributed by atoms with Crippen molar-refractivity contribution in [2.45, 2.75) is 4.83 Å². The number of ether oxygens (including phenoxy) is 1. The summed E-state index contributed by atoms with van der Waals surface area (Å²) in [6.45, 7) is 0.653. The zero-order valence-corrected chi connectivity index (χ0v) is 11.6. The molecule has 0 aliphatic heterocycles. The highest BCUT2D eigenvalue weighted by Gasteiger charge is 2.15. The van der Waals surface area contributed by atoms with E-state index in [-0.39, 0.29) is 16.9 Å². The maximum atomic E-state index is 13.2. The monoisotopic (exact) mass is 334 g/mol. The van der Waals surface area contributed by atoms with Crippen molar-refractivity contribution in [2.24, 2.45) is 0 Å². The largest absolute Gasteiger partial charge is 0.383 e. The zero-order chi connectivity index (χ0) is 14.4. The van der Waals surface area contributed by atoms with Gasteiger partial charge in [-0.1, -0.05) is 15.9 Å². The van der Waals surface area contributed by atoms with E-state index in [0.717, 1.165) is 18.2 Å². The molecule has 8 heteroatoms. The number of amides is 1. The number of hydrogen-bond donors (Lipinski definition) is 1. The second-order valence-corrected chi connectivity index (χ2v) is 5.01. The van der Waals surface area contributed by atoms with Gasteiger partial charge in [-0.05, 0) is 6.07 Å². The van der Waals surface area contributed by atoms with Crippen molar-refractivity contribution in [1.29, 1.82) is 0 Å². The molecule has 104 valence electrons. The molecule has 19 heavy (non-hydrogen) atoms. The van der Waals surface area contributed by atoms with Gasteiger partial charge in [0, 0.05) is 25.3 Å². The molecule has 6 nitrogen and oxygen atoms in total. The number of alkyl halides is 1. The van der Waals surface area contributed by atoms with Gasteiger partial charge >= 0.3 is 0 Å². The fraction of sp³-hybridized carbons (Fsp3) is 0.364.